The van der Waals surface area contributed by atoms with E-state index in [9.17, 15) is 41.0 Å². The van der Waals surface area contributed by atoms with Crippen LogP contribution in [0.5, 0.6) is 5.75 Å². The Balaban J connectivity index is 2.07. The Hall–Kier alpha value is -2.30. The summed E-state index contributed by atoms with van der Waals surface area (Å²) in [6, 6.07) is 1.52. The number of carbonyl (C=O) groups excluding carboxylic acids is 2. The smallest absolute Gasteiger partial charge is 0.430 e. The number of ether oxygens (including phenoxy) is 1. The van der Waals surface area contributed by atoms with Crippen LogP contribution in [0.4, 0.5) is 26.3 Å². The molecule has 2 amide bonds. The van der Waals surface area contributed by atoms with Gasteiger partial charge in [0.25, 0.3) is 5.60 Å². The number of amides is 2. The molecule has 1 heterocycles. The van der Waals surface area contributed by atoms with Crippen LogP contribution in [0.3, 0.4) is 0 Å². The predicted octanol–water partition coefficient (Wildman–Crippen LogP) is 8.04. The van der Waals surface area contributed by atoms with Crippen LogP contribution in [0.25, 0.3) is 0 Å². The molecule has 0 radical (unpaired) electrons. The molecule has 0 aliphatic carbocycles. The topological polar surface area (TPSA) is 66.8 Å². The summed E-state index contributed by atoms with van der Waals surface area (Å²) < 4.78 is 87.4. The van der Waals surface area contributed by atoms with E-state index in [0.717, 1.165) is 25.0 Å². The molecule has 1 aromatic rings. The zero-order chi connectivity index (χ0) is 31.9. The van der Waals surface area contributed by atoms with Crippen molar-refractivity contribution in [2.24, 2.45) is 11.3 Å². The number of nitrogens with zero attached hydrogens (tertiary/aromatic N) is 1. The lowest BCUT2D eigenvalue weighted by Gasteiger charge is -2.42. The number of imide groups is 1. The molecule has 11 heteroatoms. The average molecular weight is 610 g/mol. The third kappa shape index (κ3) is 7.80. The van der Waals surface area contributed by atoms with Crippen molar-refractivity contribution in [1.82, 2.24) is 4.90 Å². The highest BCUT2D eigenvalue weighted by Gasteiger charge is 2.71. The van der Waals surface area contributed by atoms with E-state index in [-0.39, 0.29) is 54.1 Å². The fourth-order valence-electron chi connectivity index (χ4n) is 5.70. The quantitative estimate of drug-likeness (QED) is 0.124. The van der Waals surface area contributed by atoms with Crippen molar-refractivity contribution < 1.29 is 45.8 Å². The molecule has 0 saturated carbocycles. The second kappa shape index (κ2) is 14.4. The molecule has 42 heavy (non-hydrogen) atoms. The zero-order valence-electron chi connectivity index (χ0n) is 25.3. The number of likely N-dealkylation sites (tertiary alicyclic amines) is 1. The van der Waals surface area contributed by atoms with E-state index in [1.165, 1.54) is 4.90 Å². The van der Waals surface area contributed by atoms with Crippen LogP contribution in [0.2, 0.25) is 0 Å². The van der Waals surface area contributed by atoms with Crippen LogP contribution < -0.4 is 4.74 Å². The molecule has 1 fully saturated rings. The Labute approximate surface area is 245 Å². The number of aryl methyl sites for hydroxylation is 2. The van der Waals surface area contributed by atoms with E-state index in [1.807, 2.05) is 20.8 Å². The minimum Gasteiger partial charge on any atom is -0.493 e. The number of hydrogen-bond acceptors (Lipinski definition) is 4. The summed E-state index contributed by atoms with van der Waals surface area (Å²) >= 11 is 0. The Morgan fingerprint density at radius 1 is 0.881 bits per heavy atom. The summed E-state index contributed by atoms with van der Waals surface area (Å²) in [5.74, 6) is 0.0247. The van der Waals surface area contributed by atoms with Gasteiger partial charge in [0.05, 0.1) is 6.61 Å². The van der Waals surface area contributed by atoms with Crippen LogP contribution in [-0.2, 0) is 28.0 Å². The van der Waals surface area contributed by atoms with Gasteiger partial charge in [-0.15, -0.1) is 0 Å². The van der Waals surface area contributed by atoms with E-state index >= 15 is 0 Å². The molecule has 1 saturated heterocycles. The number of hydrogen-bond donors (Lipinski definition) is 1. The minimum absolute atomic E-state index is 0.0379. The van der Waals surface area contributed by atoms with Crippen molar-refractivity contribution in [3.8, 4) is 5.75 Å². The van der Waals surface area contributed by atoms with Gasteiger partial charge in [-0.1, -0.05) is 66.7 Å². The lowest BCUT2D eigenvalue weighted by atomic mass is 9.71. The first-order valence-electron chi connectivity index (χ1n) is 15.0. The van der Waals surface area contributed by atoms with Crippen molar-refractivity contribution in [3.63, 3.8) is 0 Å². The number of alkyl halides is 6. The first kappa shape index (κ1) is 35.9. The van der Waals surface area contributed by atoms with Gasteiger partial charge in [-0.3, -0.25) is 14.5 Å². The van der Waals surface area contributed by atoms with E-state index < -0.39 is 28.9 Å². The van der Waals surface area contributed by atoms with Crippen LogP contribution in [0.1, 0.15) is 109 Å². The highest BCUT2D eigenvalue weighted by atomic mass is 19.4. The summed E-state index contributed by atoms with van der Waals surface area (Å²) in [4.78, 5) is 27.0. The van der Waals surface area contributed by atoms with E-state index in [4.69, 9.17) is 4.74 Å². The molecule has 0 aromatic heterocycles. The number of piperidine rings is 1. The molecule has 1 N–H and O–H groups in total. The van der Waals surface area contributed by atoms with Crippen molar-refractivity contribution in [3.05, 3.63) is 28.8 Å². The molecule has 0 spiro atoms. The molecular weight excluding hydrogens is 564 g/mol. The monoisotopic (exact) mass is 609 g/mol. The van der Waals surface area contributed by atoms with Crippen molar-refractivity contribution in [2.75, 3.05) is 13.2 Å². The molecule has 240 valence electrons. The van der Waals surface area contributed by atoms with Gasteiger partial charge in [0.1, 0.15) is 5.75 Å². The molecule has 5 nitrogen and oxygen atoms in total. The summed E-state index contributed by atoms with van der Waals surface area (Å²) in [5.41, 5.74) is -6.46. The third-order valence-corrected chi connectivity index (χ3v) is 8.22. The van der Waals surface area contributed by atoms with Gasteiger partial charge in [0.2, 0.25) is 11.8 Å². The summed E-state index contributed by atoms with van der Waals surface area (Å²) in [6.45, 7) is 9.86. The molecule has 1 unspecified atom stereocenters. The molecule has 1 atom stereocenters. The number of halogens is 6. The lowest BCUT2D eigenvalue weighted by molar-refractivity contribution is -0.376. The molecular formula is C31H45F6NO4. The lowest BCUT2D eigenvalue weighted by Crippen LogP contribution is -2.54. The summed E-state index contributed by atoms with van der Waals surface area (Å²) in [7, 11) is 0. The third-order valence-electron chi connectivity index (χ3n) is 8.22. The number of rotatable bonds is 15. The first-order chi connectivity index (χ1) is 19.5. The number of benzene rings is 1. The van der Waals surface area contributed by atoms with Crippen molar-refractivity contribution in [1.29, 1.82) is 0 Å². The Bertz CT molecular complexity index is 1030. The summed E-state index contributed by atoms with van der Waals surface area (Å²) in [6.07, 6.45) is -5.96. The Kier molecular flexibility index (Phi) is 12.3. The van der Waals surface area contributed by atoms with Gasteiger partial charge in [-0.25, -0.2) is 0 Å². The van der Waals surface area contributed by atoms with Gasteiger partial charge in [0.15, 0.2) is 0 Å². The molecule has 1 aliphatic rings. The van der Waals surface area contributed by atoms with E-state index in [2.05, 4.69) is 0 Å². The maximum atomic E-state index is 13.6. The van der Waals surface area contributed by atoms with Crippen LogP contribution in [0, 0.1) is 11.3 Å². The molecule has 0 bridgehead atoms. The van der Waals surface area contributed by atoms with Crippen LogP contribution in [0.15, 0.2) is 12.1 Å². The molecule has 1 aromatic carbocycles. The number of unbranched alkanes of at least 4 members (excludes halogenated alkanes) is 3. The summed E-state index contributed by atoms with van der Waals surface area (Å²) in [5, 5.41) is 9.98. The molecule has 1 aliphatic heterocycles. The van der Waals surface area contributed by atoms with Crippen molar-refractivity contribution >= 4 is 11.8 Å². The fourth-order valence-corrected chi connectivity index (χ4v) is 5.70. The number of aliphatic hydroxyl groups is 1. The van der Waals surface area contributed by atoms with Gasteiger partial charge < -0.3 is 9.84 Å². The fraction of sp³-hybridized carbons (Fsp3) is 0.742. The zero-order valence-corrected chi connectivity index (χ0v) is 25.3. The van der Waals surface area contributed by atoms with Gasteiger partial charge in [-0.2, -0.15) is 26.3 Å². The van der Waals surface area contributed by atoms with Crippen LogP contribution in [-0.4, -0.2) is 47.3 Å². The normalized spacial score (nSPS) is 18.1. The second-order valence-electron chi connectivity index (χ2n) is 11.9. The average Bonchev–Trinajstić information content (AvgIpc) is 2.88. The highest BCUT2D eigenvalue weighted by Crippen LogP contribution is 2.51. The van der Waals surface area contributed by atoms with E-state index in [1.54, 1.807) is 13.8 Å². The number of carbonyl (C=O) groups is 2. The first-order valence-corrected chi connectivity index (χ1v) is 15.0. The highest BCUT2D eigenvalue weighted by molar-refractivity contribution is 6.00. The Morgan fingerprint density at radius 3 is 1.88 bits per heavy atom. The predicted molar refractivity (Wildman–Crippen MR) is 148 cm³/mol. The van der Waals surface area contributed by atoms with Gasteiger partial charge in [-0.05, 0) is 61.3 Å². The maximum absolute atomic E-state index is 13.6. The SMILES string of the molecule is CCCc1cc(C(O)(C(F)(F)F)C(F)(F)F)cc(CCC)c1OCCCCCCN1C(=O)CC(CCC)C(C)(C)C1=O. The Morgan fingerprint density at radius 2 is 1.40 bits per heavy atom. The van der Waals surface area contributed by atoms with Crippen LogP contribution >= 0.6 is 0 Å². The van der Waals surface area contributed by atoms with Gasteiger partial charge in [0, 0.05) is 23.9 Å². The standard InChI is InChI=1S/C31H45F6NO4/c1-6-13-21-18-24(29(41,30(32,33)34)31(35,36)37)19-22(14-7-2)26(21)42-17-12-10-9-11-16-38-25(39)20-23(15-8-3)28(4,5)27(38)40/h18-19,23,41H,6-17,20H2,1-5H3. The largest absolute Gasteiger partial charge is 0.493 e. The molecule has 2 rings (SSSR count). The van der Waals surface area contributed by atoms with Crippen molar-refractivity contribution in [2.45, 2.75) is 123 Å². The van der Waals surface area contributed by atoms with E-state index in [0.29, 0.717) is 51.5 Å². The minimum atomic E-state index is -5.96. The second-order valence-corrected chi connectivity index (χ2v) is 11.9. The van der Waals surface area contributed by atoms with Gasteiger partial charge >= 0.3 is 12.4 Å². The maximum Gasteiger partial charge on any atom is 0.430 e.